The number of nitrogens with zero attached hydrogens (tertiary/aromatic N) is 2. The molecule has 2 aromatic heterocycles. The maximum absolute atomic E-state index is 6.39. The third-order valence-electron chi connectivity index (χ3n) is 3.65. The summed E-state index contributed by atoms with van der Waals surface area (Å²) in [7, 11) is 0. The summed E-state index contributed by atoms with van der Waals surface area (Å²) in [5.41, 5.74) is 7.68. The van der Waals surface area contributed by atoms with Gasteiger partial charge in [0.1, 0.15) is 0 Å². The largest absolute Gasteiger partial charge is 0.326 e. The zero-order valence-electron chi connectivity index (χ0n) is 12.2. The van der Waals surface area contributed by atoms with E-state index in [0.29, 0.717) is 0 Å². The summed E-state index contributed by atoms with van der Waals surface area (Å²) in [6, 6.07) is 8.90. The Hall–Kier alpha value is -1.23. The number of thiophene rings is 1. The van der Waals surface area contributed by atoms with E-state index in [1.807, 2.05) is 12.4 Å². The van der Waals surface area contributed by atoms with Crippen molar-refractivity contribution >= 4 is 11.3 Å². The van der Waals surface area contributed by atoms with Crippen LogP contribution in [0.15, 0.2) is 42.0 Å². The minimum atomic E-state index is 0.162. The molecule has 4 heteroatoms. The van der Waals surface area contributed by atoms with Crippen molar-refractivity contribution in [3.05, 3.63) is 52.5 Å². The van der Waals surface area contributed by atoms with Crippen molar-refractivity contribution in [2.45, 2.75) is 38.9 Å². The van der Waals surface area contributed by atoms with Crippen LogP contribution in [0.4, 0.5) is 0 Å². The van der Waals surface area contributed by atoms with Crippen LogP contribution in [0.2, 0.25) is 0 Å². The molecule has 2 heterocycles. The third-order valence-corrected chi connectivity index (χ3v) is 4.59. The molecule has 0 aliphatic rings. The molecule has 0 aliphatic heterocycles. The normalized spacial score (nSPS) is 14.4. The lowest BCUT2D eigenvalue weighted by atomic mass is 10.0. The molecule has 2 rings (SSSR count). The fourth-order valence-corrected chi connectivity index (χ4v) is 3.41. The average molecular weight is 289 g/mol. The van der Waals surface area contributed by atoms with Gasteiger partial charge in [-0.15, -0.1) is 11.3 Å². The smallest absolute Gasteiger partial charge is 0.0596 e. The van der Waals surface area contributed by atoms with Gasteiger partial charge in [-0.05, 0) is 42.1 Å². The van der Waals surface area contributed by atoms with E-state index in [2.05, 4.69) is 53.4 Å². The number of aromatic nitrogens is 1. The first-order chi connectivity index (χ1) is 9.76. The van der Waals surface area contributed by atoms with E-state index in [9.17, 15) is 0 Å². The number of pyridine rings is 1. The Balaban J connectivity index is 2.21. The van der Waals surface area contributed by atoms with Crippen LogP contribution in [-0.2, 0) is 6.54 Å². The maximum atomic E-state index is 6.39. The molecule has 0 bridgehead atoms. The van der Waals surface area contributed by atoms with Gasteiger partial charge in [-0.3, -0.25) is 9.88 Å². The average Bonchev–Trinajstić information content (AvgIpc) is 3.01. The van der Waals surface area contributed by atoms with Crippen molar-refractivity contribution in [1.29, 1.82) is 0 Å². The summed E-state index contributed by atoms with van der Waals surface area (Å²) in [5, 5.41) is 2.13. The van der Waals surface area contributed by atoms with Crippen LogP contribution in [0.3, 0.4) is 0 Å². The molecular formula is C16H23N3S. The molecule has 0 saturated carbocycles. The number of likely N-dealkylation sites (N-methyl/N-ethyl adjacent to an activating group) is 1. The van der Waals surface area contributed by atoms with E-state index in [1.54, 1.807) is 11.3 Å². The Labute approximate surface area is 125 Å². The Morgan fingerprint density at radius 3 is 2.55 bits per heavy atom. The SMILES string of the molecule is CCC(N)C(c1cccs1)N(CC)Cc1ccncc1. The molecule has 0 fully saturated rings. The van der Waals surface area contributed by atoms with Gasteiger partial charge in [-0.2, -0.15) is 0 Å². The van der Waals surface area contributed by atoms with Crippen molar-refractivity contribution in [3.63, 3.8) is 0 Å². The van der Waals surface area contributed by atoms with Crippen LogP contribution in [0.25, 0.3) is 0 Å². The van der Waals surface area contributed by atoms with Crippen LogP contribution in [-0.4, -0.2) is 22.5 Å². The van der Waals surface area contributed by atoms with Crippen LogP contribution < -0.4 is 5.73 Å². The summed E-state index contributed by atoms with van der Waals surface area (Å²) < 4.78 is 0. The summed E-state index contributed by atoms with van der Waals surface area (Å²) in [6.07, 6.45) is 4.68. The Kier molecular flexibility index (Phi) is 5.71. The van der Waals surface area contributed by atoms with Gasteiger partial charge < -0.3 is 5.73 Å². The molecule has 108 valence electrons. The highest BCUT2D eigenvalue weighted by atomic mass is 32.1. The van der Waals surface area contributed by atoms with Gasteiger partial charge in [0.05, 0.1) is 6.04 Å². The highest BCUT2D eigenvalue weighted by Gasteiger charge is 2.25. The van der Waals surface area contributed by atoms with E-state index in [0.717, 1.165) is 19.5 Å². The first kappa shape index (κ1) is 15.2. The van der Waals surface area contributed by atoms with Crippen LogP contribution in [0.1, 0.15) is 36.8 Å². The first-order valence-corrected chi connectivity index (χ1v) is 8.06. The zero-order chi connectivity index (χ0) is 14.4. The van der Waals surface area contributed by atoms with Crippen molar-refractivity contribution in [1.82, 2.24) is 9.88 Å². The van der Waals surface area contributed by atoms with Crippen LogP contribution in [0, 0.1) is 0 Å². The minimum Gasteiger partial charge on any atom is -0.326 e. The van der Waals surface area contributed by atoms with Crippen molar-refractivity contribution < 1.29 is 0 Å². The lowest BCUT2D eigenvalue weighted by Crippen LogP contribution is -2.40. The van der Waals surface area contributed by atoms with Gasteiger partial charge in [-0.1, -0.05) is 19.9 Å². The van der Waals surface area contributed by atoms with E-state index >= 15 is 0 Å². The van der Waals surface area contributed by atoms with Crippen LogP contribution >= 0.6 is 11.3 Å². The highest BCUT2D eigenvalue weighted by molar-refractivity contribution is 7.10. The molecular weight excluding hydrogens is 266 g/mol. The van der Waals surface area contributed by atoms with Gasteiger partial charge in [-0.25, -0.2) is 0 Å². The van der Waals surface area contributed by atoms with E-state index < -0.39 is 0 Å². The van der Waals surface area contributed by atoms with Gasteiger partial charge >= 0.3 is 0 Å². The van der Waals surface area contributed by atoms with Gasteiger partial charge in [0, 0.05) is 29.9 Å². The van der Waals surface area contributed by atoms with Gasteiger partial charge in [0.2, 0.25) is 0 Å². The molecule has 0 saturated heterocycles. The quantitative estimate of drug-likeness (QED) is 0.849. The molecule has 2 N–H and O–H groups in total. The second kappa shape index (κ2) is 7.53. The summed E-state index contributed by atoms with van der Waals surface area (Å²) in [6.45, 7) is 6.25. The lowest BCUT2D eigenvalue weighted by molar-refractivity contribution is 0.172. The molecule has 2 atom stereocenters. The van der Waals surface area contributed by atoms with Crippen molar-refractivity contribution in [2.75, 3.05) is 6.54 Å². The second-order valence-electron chi connectivity index (χ2n) is 4.95. The first-order valence-electron chi connectivity index (χ1n) is 7.18. The molecule has 0 aromatic carbocycles. The van der Waals surface area contributed by atoms with E-state index in [1.165, 1.54) is 10.4 Å². The van der Waals surface area contributed by atoms with E-state index in [-0.39, 0.29) is 12.1 Å². The molecule has 0 radical (unpaired) electrons. The monoisotopic (exact) mass is 289 g/mol. The van der Waals surface area contributed by atoms with Gasteiger partial charge in [0.25, 0.3) is 0 Å². The Bertz CT molecular complexity index is 484. The predicted octanol–water partition coefficient (Wildman–Crippen LogP) is 3.44. The predicted molar refractivity (Wildman–Crippen MR) is 85.6 cm³/mol. The Morgan fingerprint density at radius 2 is 2.00 bits per heavy atom. The fraction of sp³-hybridized carbons (Fsp3) is 0.438. The van der Waals surface area contributed by atoms with Crippen molar-refractivity contribution in [2.24, 2.45) is 5.73 Å². The Morgan fingerprint density at radius 1 is 1.25 bits per heavy atom. The fourth-order valence-electron chi connectivity index (χ4n) is 2.47. The standard InChI is InChI=1S/C16H23N3S/c1-3-14(17)16(15-6-5-11-20-15)19(4-2)12-13-7-9-18-10-8-13/h5-11,14,16H,3-4,12,17H2,1-2H3. The molecule has 0 aliphatic carbocycles. The molecule has 0 amide bonds. The highest BCUT2D eigenvalue weighted by Crippen LogP contribution is 2.29. The number of nitrogens with two attached hydrogens (primary N) is 1. The number of rotatable bonds is 7. The third kappa shape index (κ3) is 3.66. The van der Waals surface area contributed by atoms with Gasteiger partial charge in [0.15, 0.2) is 0 Å². The molecule has 2 unspecified atom stereocenters. The lowest BCUT2D eigenvalue weighted by Gasteiger charge is -2.34. The summed E-state index contributed by atoms with van der Waals surface area (Å²) >= 11 is 1.79. The zero-order valence-corrected chi connectivity index (χ0v) is 13.0. The molecule has 3 nitrogen and oxygen atoms in total. The molecule has 0 spiro atoms. The summed E-state index contributed by atoms with van der Waals surface area (Å²) in [4.78, 5) is 7.89. The minimum absolute atomic E-state index is 0.162. The number of hydrogen-bond donors (Lipinski definition) is 1. The summed E-state index contributed by atoms with van der Waals surface area (Å²) in [5.74, 6) is 0. The maximum Gasteiger partial charge on any atom is 0.0596 e. The van der Waals surface area contributed by atoms with E-state index in [4.69, 9.17) is 5.73 Å². The number of hydrogen-bond acceptors (Lipinski definition) is 4. The topological polar surface area (TPSA) is 42.1 Å². The van der Waals surface area contributed by atoms with Crippen LogP contribution in [0.5, 0.6) is 0 Å². The second-order valence-corrected chi connectivity index (χ2v) is 5.93. The molecule has 20 heavy (non-hydrogen) atoms. The van der Waals surface area contributed by atoms with Crippen molar-refractivity contribution in [3.8, 4) is 0 Å². The molecule has 2 aromatic rings.